The Morgan fingerprint density at radius 1 is 1.10 bits per heavy atom. The molecule has 1 unspecified atom stereocenters. The second-order valence-corrected chi connectivity index (χ2v) is 7.37. The van der Waals surface area contributed by atoms with Crippen LogP contribution in [0.1, 0.15) is 50.3 Å². The number of ketones is 1. The molecule has 1 heterocycles. The van der Waals surface area contributed by atoms with E-state index in [-0.39, 0.29) is 28.4 Å². The van der Waals surface area contributed by atoms with Gasteiger partial charge in [0.15, 0.2) is 11.5 Å². The molecule has 31 heavy (non-hydrogen) atoms. The number of carbonyl (C=O) groups is 2. The smallest absolute Gasteiger partial charge is 0.295 e. The van der Waals surface area contributed by atoms with Gasteiger partial charge in [0.05, 0.1) is 18.2 Å². The zero-order valence-electron chi connectivity index (χ0n) is 17.6. The number of rotatable bonds is 8. The molecule has 1 atom stereocenters. The Balaban J connectivity index is 2.14. The highest BCUT2D eigenvalue weighted by Crippen LogP contribution is 2.42. The molecule has 6 nitrogen and oxygen atoms in total. The van der Waals surface area contributed by atoms with Crippen molar-refractivity contribution >= 4 is 17.4 Å². The van der Waals surface area contributed by atoms with Crippen molar-refractivity contribution in [3.05, 3.63) is 65.0 Å². The lowest BCUT2D eigenvalue weighted by molar-refractivity contribution is -0.139. The molecule has 0 aliphatic carbocycles. The number of likely N-dealkylation sites (tertiary alicyclic amines) is 1. The van der Waals surface area contributed by atoms with Crippen LogP contribution in [0.25, 0.3) is 5.76 Å². The first-order valence-corrected chi connectivity index (χ1v) is 10.4. The lowest BCUT2D eigenvalue weighted by Crippen LogP contribution is -2.30. The minimum atomic E-state index is -0.846. The fourth-order valence-electron chi connectivity index (χ4n) is 3.72. The van der Waals surface area contributed by atoms with Gasteiger partial charge in [-0.25, -0.2) is 4.39 Å². The number of halogens is 1. The number of carbonyl (C=O) groups excluding carboxylic acids is 2. The third-order valence-corrected chi connectivity index (χ3v) is 5.26. The third kappa shape index (κ3) is 4.55. The van der Waals surface area contributed by atoms with Crippen LogP contribution in [0.3, 0.4) is 0 Å². The molecule has 1 amide bonds. The van der Waals surface area contributed by atoms with E-state index in [0.717, 1.165) is 12.8 Å². The second-order valence-electron chi connectivity index (χ2n) is 7.37. The van der Waals surface area contributed by atoms with Crippen molar-refractivity contribution < 1.29 is 28.9 Å². The molecular weight excluding hydrogens is 401 g/mol. The molecule has 1 aliphatic rings. The summed E-state index contributed by atoms with van der Waals surface area (Å²) in [5.74, 6) is -2.18. The van der Waals surface area contributed by atoms with Gasteiger partial charge < -0.3 is 19.8 Å². The lowest BCUT2D eigenvalue weighted by atomic mass is 9.95. The number of unbranched alkanes of at least 4 members (excludes halogenated alkanes) is 2. The fourth-order valence-corrected chi connectivity index (χ4v) is 3.72. The number of phenolic OH excluding ortho intramolecular Hbond substituents is 1. The summed E-state index contributed by atoms with van der Waals surface area (Å²) in [6, 6.07) is 8.82. The van der Waals surface area contributed by atoms with Crippen LogP contribution in [0.2, 0.25) is 0 Å². The van der Waals surface area contributed by atoms with Crippen molar-refractivity contribution in [2.75, 3.05) is 13.2 Å². The predicted molar refractivity (Wildman–Crippen MR) is 114 cm³/mol. The summed E-state index contributed by atoms with van der Waals surface area (Å²) in [4.78, 5) is 27.2. The van der Waals surface area contributed by atoms with Crippen molar-refractivity contribution in [1.82, 2.24) is 4.90 Å². The summed E-state index contributed by atoms with van der Waals surface area (Å²) in [6.45, 7) is 4.48. The molecule has 0 bridgehead atoms. The zero-order valence-corrected chi connectivity index (χ0v) is 17.6. The molecule has 3 rings (SSSR count). The van der Waals surface area contributed by atoms with E-state index in [9.17, 15) is 24.2 Å². The molecule has 2 N–H and O–H groups in total. The Labute approximate surface area is 180 Å². The highest BCUT2D eigenvalue weighted by Gasteiger charge is 2.46. The normalized spacial score (nSPS) is 17.9. The summed E-state index contributed by atoms with van der Waals surface area (Å²) in [6.07, 6.45) is 2.53. The minimum Gasteiger partial charge on any atom is -0.507 e. The van der Waals surface area contributed by atoms with Crippen LogP contribution >= 0.6 is 0 Å². The van der Waals surface area contributed by atoms with Crippen molar-refractivity contribution in [1.29, 1.82) is 0 Å². The first-order valence-electron chi connectivity index (χ1n) is 10.4. The first kappa shape index (κ1) is 22.3. The van der Waals surface area contributed by atoms with E-state index in [0.29, 0.717) is 25.1 Å². The molecule has 1 aliphatic heterocycles. The van der Waals surface area contributed by atoms with Gasteiger partial charge in [-0.15, -0.1) is 0 Å². The van der Waals surface area contributed by atoms with Crippen LogP contribution in [-0.4, -0.2) is 40.0 Å². The van der Waals surface area contributed by atoms with E-state index >= 15 is 0 Å². The van der Waals surface area contributed by atoms with E-state index < -0.39 is 23.5 Å². The quantitative estimate of drug-likeness (QED) is 0.280. The van der Waals surface area contributed by atoms with Gasteiger partial charge in [-0.2, -0.15) is 0 Å². The molecule has 2 aromatic carbocycles. The summed E-state index contributed by atoms with van der Waals surface area (Å²) in [5.41, 5.74) is 0.698. The summed E-state index contributed by atoms with van der Waals surface area (Å²) >= 11 is 0. The van der Waals surface area contributed by atoms with Crippen LogP contribution in [-0.2, 0) is 9.59 Å². The molecule has 0 spiro atoms. The molecule has 2 aromatic rings. The molecule has 0 aromatic heterocycles. The minimum absolute atomic E-state index is 0.0629. The number of benzene rings is 2. The molecule has 164 valence electrons. The van der Waals surface area contributed by atoms with Crippen molar-refractivity contribution in [2.45, 2.75) is 39.2 Å². The van der Waals surface area contributed by atoms with Gasteiger partial charge in [0, 0.05) is 12.1 Å². The van der Waals surface area contributed by atoms with Crippen LogP contribution in [0.5, 0.6) is 11.5 Å². The van der Waals surface area contributed by atoms with Gasteiger partial charge in [0.2, 0.25) is 0 Å². The number of Topliss-reactive ketones (excluding diaryl/α,β-unsaturated/α-hetero) is 1. The van der Waals surface area contributed by atoms with Gasteiger partial charge in [0.1, 0.15) is 11.6 Å². The number of aromatic hydroxyl groups is 1. The number of amides is 1. The van der Waals surface area contributed by atoms with Crippen molar-refractivity contribution in [3.8, 4) is 11.5 Å². The van der Waals surface area contributed by atoms with E-state index in [1.165, 1.54) is 35.2 Å². The van der Waals surface area contributed by atoms with E-state index in [1.54, 1.807) is 19.1 Å². The fraction of sp³-hybridized carbons (Fsp3) is 0.333. The lowest BCUT2D eigenvalue weighted by Gasteiger charge is -2.26. The Bertz CT molecular complexity index is 1000. The number of hydrogen-bond acceptors (Lipinski definition) is 5. The number of nitrogens with zero attached hydrogens (tertiary/aromatic N) is 1. The van der Waals surface area contributed by atoms with E-state index in [4.69, 9.17) is 4.74 Å². The summed E-state index contributed by atoms with van der Waals surface area (Å²) in [7, 11) is 0. The van der Waals surface area contributed by atoms with E-state index in [2.05, 4.69) is 0 Å². The van der Waals surface area contributed by atoms with Gasteiger partial charge >= 0.3 is 0 Å². The third-order valence-electron chi connectivity index (χ3n) is 5.26. The number of aliphatic hydroxyl groups is 1. The largest absolute Gasteiger partial charge is 0.507 e. The van der Waals surface area contributed by atoms with Gasteiger partial charge in [-0.05, 0) is 55.3 Å². The second kappa shape index (κ2) is 9.64. The number of hydrogen-bond donors (Lipinski definition) is 2. The van der Waals surface area contributed by atoms with Gasteiger partial charge in [-0.3, -0.25) is 9.59 Å². The van der Waals surface area contributed by atoms with Crippen LogP contribution in [0.4, 0.5) is 4.39 Å². The Morgan fingerprint density at radius 2 is 1.81 bits per heavy atom. The topological polar surface area (TPSA) is 87.1 Å². The first-order chi connectivity index (χ1) is 14.9. The average Bonchev–Trinajstić information content (AvgIpc) is 3.01. The SMILES string of the molecule is CCCCCN1C(=O)C(=O)/C(=C(\O)c2ccc(F)cc2)C1c1ccc(O)c(OCC)c1. The Morgan fingerprint density at radius 3 is 2.45 bits per heavy atom. The van der Waals surface area contributed by atoms with Crippen molar-refractivity contribution in [3.63, 3.8) is 0 Å². The maximum Gasteiger partial charge on any atom is 0.295 e. The molecular formula is C24H26FNO5. The monoisotopic (exact) mass is 427 g/mol. The standard InChI is InChI=1S/C24H26FNO5/c1-3-5-6-13-26-21(16-9-12-18(27)19(14-16)31-4-2)20(23(29)24(26)30)22(28)15-7-10-17(25)11-8-15/h7-12,14,21,27-28H,3-6,13H2,1-2H3/b22-20-. The van der Waals surface area contributed by atoms with Crippen LogP contribution in [0, 0.1) is 5.82 Å². The number of aliphatic hydroxyl groups excluding tert-OH is 1. The molecule has 0 radical (unpaired) electrons. The molecule has 7 heteroatoms. The molecule has 1 fully saturated rings. The van der Waals surface area contributed by atoms with E-state index in [1.807, 2.05) is 6.92 Å². The zero-order chi connectivity index (χ0) is 22.5. The predicted octanol–water partition coefficient (Wildman–Crippen LogP) is 4.54. The van der Waals surface area contributed by atoms with Gasteiger partial charge in [0.25, 0.3) is 11.7 Å². The highest BCUT2D eigenvalue weighted by atomic mass is 19.1. The maximum atomic E-state index is 13.3. The summed E-state index contributed by atoms with van der Waals surface area (Å²) < 4.78 is 18.8. The Hall–Kier alpha value is -3.35. The van der Waals surface area contributed by atoms with Crippen LogP contribution in [0.15, 0.2) is 48.0 Å². The van der Waals surface area contributed by atoms with Gasteiger partial charge in [-0.1, -0.05) is 25.8 Å². The molecule has 1 saturated heterocycles. The maximum absolute atomic E-state index is 13.3. The average molecular weight is 427 g/mol. The Kier molecular flexibility index (Phi) is 6.95. The summed E-state index contributed by atoms with van der Waals surface area (Å²) in [5, 5.41) is 21.0. The van der Waals surface area contributed by atoms with Crippen molar-refractivity contribution in [2.24, 2.45) is 0 Å². The van der Waals surface area contributed by atoms with Crippen LogP contribution < -0.4 is 4.74 Å². The number of ether oxygens (including phenoxy) is 1. The highest BCUT2D eigenvalue weighted by molar-refractivity contribution is 6.46. The number of phenols is 1. The molecule has 0 saturated carbocycles.